The largest absolute Gasteiger partial charge is 0.455 e. The van der Waals surface area contributed by atoms with Crippen molar-refractivity contribution in [2.75, 3.05) is 4.90 Å². The van der Waals surface area contributed by atoms with Gasteiger partial charge in [-0.2, -0.15) is 0 Å². The zero-order valence-electron chi connectivity index (χ0n) is 38.2. The smallest absolute Gasteiger partial charge is 0.143 e. The zero-order valence-corrected chi connectivity index (χ0v) is 38.2. The zero-order chi connectivity index (χ0) is 45.5. The first-order valence-corrected chi connectivity index (χ1v) is 24.1. The van der Waals surface area contributed by atoms with Gasteiger partial charge in [0, 0.05) is 38.8 Å². The Morgan fingerprint density at radius 1 is 0.319 bits per heavy atom. The van der Waals surface area contributed by atoms with Crippen LogP contribution >= 0.6 is 0 Å². The van der Waals surface area contributed by atoms with Gasteiger partial charge < -0.3 is 9.32 Å². The fourth-order valence-corrected chi connectivity index (χ4v) is 12.4. The normalized spacial score (nSPS) is 13.2. The van der Waals surface area contributed by atoms with Crippen molar-refractivity contribution < 1.29 is 4.42 Å². The number of furan rings is 1. The van der Waals surface area contributed by atoms with Gasteiger partial charge in [0.2, 0.25) is 0 Å². The highest BCUT2D eigenvalue weighted by atomic mass is 16.3. The summed E-state index contributed by atoms with van der Waals surface area (Å²) in [5.41, 5.74) is 12.5. The summed E-state index contributed by atoms with van der Waals surface area (Å²) in [7, 11) is 0. The predicted molar refractivity (Wildman–Crippen MR) is 294 cm³/mol. The second-order valence-corrected chi connectivity index (χ2v) is 19.5. The van der Waals surface area contributed by atoms with Crippen molar-refractivity contribution in [3.8, 4) is 22.3 Å². The fourth-order valence-electron chi connectivity index (χ4n) is 12.4. The standard InChI is InChI=1S/C67H43NO/c1-67(2)62-26-14-13-25-56(62)57-33-29-44(39-63(57)67)68(42-28-32-55-51-22-8-6-18-47(51)49-20-10-12-24-53(49)59(55)37-42)43-30-34-64-60(38-43)61-35-40-15-3-4-16-45(40)65(66(61)69-64)41-27-31-54-50-21-7-5-17-46(50)48-19-9-11-23-52(48)58(54)36-41/h3-39H,1-2H3. The van der Waals surface area contributed by atoms with Crippen LogP contribution in [0.5, 0.6) is 0 Å². The van der Waals surface area contributed by atoms with Gasteiger partial charge in [-0.15, -0.1) is 0 Å². The van der Waals surface area contributed by atoms with Crippen LogP contribution in [0.2, 0.25) is 0 Å². The van der Waals surface area contributed by atoms with E-state index in [1.807, 2.05) is 0 Å². The van der Waals surface area contributed by atoms with Crippen LogP contribution in [-0.2, 0) is 5.41 Å². The Balaban J connectivity index is 0.978. The Hall–Kier alpha value is -8.72. The molecule has 0 saturated carbocycles. The topological polar surface area (TPSA) is 16.4 Å². The minimum Gasteiger partial charge on any atom is -0.455 e. The van der Waals surface area contributed by atoms with E-state index in [2.05, 4.69) is 243 Å². The molecule has 69 heavy (non-hydrogen) atoms. The van der Waals surface area contributed by atoms with Crippen LogP contribution in [-0.4, -0.2) is 0 Å². The molecule has 1 aromatic heterocycles. The van der Waals surface area contributed by atoms with E-state index in [1.54, 1.807) is 0 Å². The van der Waals surface area contributed by atoms with Crippen molar-refractivity contribution in [2.45, 2.75) is 19.3 Å². The monoisotopic (exact) mass is 877 g/mol. The lowest BCUT2D eigenvalue weighted by molar-refractivity contribution is 0.660. The molecule has 1 aliphatic rings. The first-order chi connectivity index (χ1) is 34.0. The van der Waals surface area contributed by atoms with Crippen molar-refractivity contribution in [1.29, 1.82) is 0 Å². The van der Waals surface area contributed by atoms with Gasteiger partial charge in [0.25, 0.3) is 0 Å². The third-order valence-corrected chi connectivity index (χ3v) is 15.6. The highest BCUT2D eigenvalue weighted by Crippen LogP contribution is 2.52. The molecule has 1 heterocycles. The quantitative estimate of drug-likeness (QED) is 0.164. The molecule has 0 saturated heterocycles. The Morgan fingerprint density at radius 2 is 0.768 bits per heavy atom. The highest BCUT2D eigenvalue weighted by molar-refractivity contribution is 6.28. The van der Waals surface area contributed by atoms with Crippen molar-refractivity contribution in [1.82, 2.24) is 0 Å². The molecule has 0 spiro atoms. The lowest BCUT2D eigenvalue weighted by Gasteiger charge is -2.28. The average molecular weight is 878 g/mol. The summed E-state index contributed by atoms with van der Waals surface area (Å²) in [5, 5.41) is 19.7. The number of rotatable bonds is 4. The van der Waals surface area contributed by atoms with E-state index in [4.69, 9.17) is 4.42 Å². The number of hydrogen-bond acceptors (Lipinski definition) is 2. The summed E-state index contributed by atoms with van der Waals surface area (Å²) in [6, 6.07) is 83.3. The molecule has 0 fully saturated rings. The van der Waals surface area contributed by atoms with Crippen molar-refractivity contribution in [2.24, 2.45) is 0 Å². The van der Waals surface area contributed by atoms with E-state index in [0.29, 0.717) is 0 Å². The van der Waals surface area contributed by atoms with Crippen molar-refractivity contribution >= 4 is 114 Å². The van der Waals surface area contributed by atoms with Crippen LogP contribution < -0.4 is 4.90 Å². The van der Waals surface area contributed by atoms with Gasteiger partial charge >= 0.3 is 0 Å². The van der Waals surface area contributed by atoms with Gasteiger partial charge in [0.05, 0.1) is 0 Å². The summed E-state index contributed by atoms with van der Waals surface area (Å²) in [6.07, 6.45) is 0. The Labute approximate surface area is 398 Å². The van der Waals surface area contributed by atoms with Crippen molar-refractivity contribution in [3.63, 3.8) is 0 Å². The van der Waals surface area contributed by atoms with Crippen LogP contribution in [0, 0.1) is 0 Å². The summed E-state index contributed by atoms with van der Waals surface area (Å²) in [5.74, 6) is 0. The Bertz CT molecular complexity index is 4460. The van der Waals surface area contributed by atoms with Crippen LogP contribution in [0.1, 0.15) is 25.0 Å². The first-order valence-electron chi connectivity index (χ1n) is 24.1. The number of anilines is 3. The van der Waals surface area contributed by atoms with Crippen LogP contribution in [0.3, 0.4) is 0 Å². The second-order valence-electron chi connectivity index (χ2n) is 19.5. The minimum absolute atomic E-state index is 0.156. The number of hydrogen-bond donors (Lipinski definition) is 0. The molecule has 2 nitrogen and oxygen atoms in total. The van der Waals surface area contributed by atoms with Gasteiger partial charge in [0.1, 0.15) is 11.2 Å². The number of nitrogens with zero attached hydrogens (tertiary/aromatic N) is 1. The van der Waals surface area contributed by atoms with Crippen LogP contribution in [0.4, 0.5) is 17.1 Å². The first kappa shape index (κ1) is 38.4. The van der Waals surface area contributed by atoms with Gasteiger partial charge in [0.15, 0.2) is 0 Å². The molecular weight excluding hydrogens is 835 g/mol. The molecule has 322 valence electrons. The van der Waals surface area contributed by atoms with Gasteiger partial charge in [-0.3, -0.25) is 0 Å². The SMILES string of the molecule is CC1(C)c2ccccc2-c2ccc(N(c3ccc4oc5c(-c6ccc7c8ccccc8c8ccccc8c7c6)c6ccccc6cc5c4c3)c3ccc4c5ccccc5c5ccccc5c4c3)cc21. The van der Waals surface area contributed by atoms with Crippen LogP contribution in [0.15, 0.2) is 229 Å². The van der Waals surface area contributed by atoms with Crippen molar-refractivity contribution in [3.05, 3.63) is 236 Å². The summed E-state index contributed by atoms with van der Waals surface area (Å²) >= 11 is 0. The van der Waals surface area contributed by atoms with E-state index in [-0.39, 0.29) is 5.41 Å². The average Bonchev–Trinajstić information content (AvgIpc) is 3.88. The minimum atomic E-state index is -0.156. The fraction of sp³-hybridized carbons (Fsp3) is 0.0448. The Kier molecular flexibility index (Phi) is 7.87. The second kappa shape index (κ2) is 14.2. The molecule has 0 aliphatic heterocycles. The molecule has 2 heteroatoms. The maximum absolute atomic E-state index is 7.11. The van der Waals surface area contributed by atoms with Gasteiger partial charge in [-0.1, -0.05) is 184 Å². The molecule has 0 unspecified atom stereocenters. The van der Waals surface area contributed by atoms with Gasteiger partial charge in [-0.25, -0.2) is 0 Å². The number of benzene rings is 13. The third kappa shape index (κ3) is 5.43. The molecule has 14 aromatic rings. The molecule has 1 aliphatic carbocycles. The van der Waals surface area contributed by atoms with Gasteiger partial charge in [-0.05, 0) is 158 Å². The molecule has 0 radical (unpaired) electrons. The molecular formula is C67H43NO. The Morgan fingerprint density at radius 3 is 1.41 bits per heavy atom. The summed E-state index contributed by atoms with van der Waals surface area (Å²) in [4.78, 5) is 2.46. The van der Waals surface area contributed by atoms with E-state index >= 15 is 0 Å². The van der Waals surface area contributed by atoms with E-state index in [1.165, 1.54) is 97.7 Å². The molecule has 13 aromatic carbocycles. The third-order valence-electron chi connectivity index (χ3n) is 15.6. The summed E-state index contributed by atoms with van der Waals surface area (Å²) in [6.45, 7) is 4.73. The molecule has 0 atom stereocenters. The highest BCUT2D eigenvalue weighted by Gasteiger charge is 2.36. The predicted octanol–water partition coefficient (Wildman–Crippen LogP) is 19.1. The maximum atomic E-state index is 7.11. The van der Waals surface area contributed by atoms with E-state index in [0.717, 1.165) is 50.1 Å². The lowest BCUT2D eigenvalue weighted by Crippen LogP contribution is -2.16. The lowest BCUT2D eigenvalue weighted by atomic mass is 9.82. The molecule has 0 bridgehead atoms. The molecule has 0 amide bonds. The maximum Gasteiger partial charge on any atom is 0.143 e. The molecule has 15 rings (SSSR count). The van der Waals surface area contributed by atoms with Crippen LogP contribution in [0.25, 0.3) is 120 Å². The van der Waals surface area contributed by atoms with E-state index in [9.17, 15) is 0 Å². The molecule has 0 N–H and O–H groups in total. The summed E-state index contributed by atoms with van der Waals surface area (Å²) < 4.78 is 7.11. The number of fused-ring (bicyclic) bond motifs is 19. The van der Waals surface area contributed by atoms with E-state index < -0.39 is 0 Å².